The monoisotopic (exact) mass is 141 g/mol. The second kappa shape index (κ2) is 3.22. The summed E-state index contributed by atoms with van der Waals surface area (Å²) in [6.45, 7) is 1.50. The molecule has 0 aliphatic rings. The fraction of sp³-hybridized carbons (Fsp3) is 0.500. The van der Waals surface area contributed by atoms with Gasteiger partial charge in [0.1, 0.15) is 5.82 Å². The van der Waals surface area contributed by atoms with Gasteiger partial charge in [-0.15, -0.1) is 0 Å². The number of hydrogen-bond acceptors (Lipinski definition) is 3. The lowest BCUT2D eigenvalue weighted by Gasteiger charge is -1.97. The van der Waals surface area contributed by atoms with Crippen LogP contribution < -0.4 is 5.73 Å². The summed E-state index contributed by atoms with van der Waals surface area (Å²) >= 11 is 0. The van der Waals surface area contributed by atoms with Crippen LogP contribution in [0.3, 0.4) is 0 Å². The van der Waals surface area contributed by atoms with Crippen LogP contribution in [-0.4, -0.2) is 23.3 Å². The molecule has 1 aromatic rings. The highest BCUT2D eigenvalue weighted by atomic mass is 16.5. The first kappa shape index (κ1) is 7.08. The lowest BCUT2D eigenvalue weighted by Crippen LogP contribution is -2.01. The van der Waals surface area contributed by atoms with Gasteiger partial charge in [0.05, 0.1) is 12.9 Å². The Kier molecular flexibility index (Phi) is 2.28. The van der Waals surface area contributed by atoms with Gasteiger partial charge in [-0.2, -0.15) is 0 Å². The molecule has 0 aliphatic carbocycles. The summed E-state index contributed by atoms with van der Waals surface area (Å²) in [5.74, 6) is 0.552. The van der Waals surface area contributed by atoms with Gasteiger partial charge in [-0.1, -0.05) is 0 Å². The van der Waals surface area contributed by atoms with E-state index in [4.69, 9.17) is 10.5 Å². The molecule has 0 amide bonds. The van der Waals surface area contributed by atoms with E-state index in [2.05, 4.69) is 4.98 Å². The molecule has 1 rings (SSSR count). The molecule has 10 heavy (non-hydrogen) atoms. The molecule has 0 atom stereocenters. The van der Waals surface area contributed by atoms with Crippen molar-refractivity contribution in [2.45, 2.75) is 6.54 Å². The van der Waals surface area contributed by atoms with E-state index in [1.54, 1.807) is 19.6 Å². The maximum Gasteiger partial charge on any atom is 0.141 e. The quantitative estimate of drug-likeness (QED) is 0.650. The van der Waals surface area contributed by atoms with Crippen LogP contribution in [0, 0.1) is 0 Å². The summed E-state index contributed by atoms with van der Waals surface area (Å²) in [4.78, 5) is 3.85. The van der Waals surface area contributed by atoms with Crippen LogP contribution >= 0.6 is 0 Å². The second-order valence-corrected chi connectivity index (χ2v) is 2.03. The number of methoxy groups -OCH3 is 1. The lowest BCUT2D eigenvalue weighted by atomic mass is 10.6. The number of ether oxygens (including phenoxy) is 1. The molecule has 0 spiro atoms. The summed E-state index contributed by atoms with van der Waals surface area (Å²) in [6, 6.07) is 0. The highest BCUT2D eigenvalue weighted by Gasteiger charge is 1.91. The van der Waals surface area contributed by atoms with E-state index in [-0.39, 0.29) is 0 Å². The first-order chi connectivity index (χ1) is 4.83. The lowest BCUT2D eigenvalue weighted by molar-refractivity contribution is 0.187. The molecule has 1 aromatic heterocycles. The third-order valence-corrected chi connectivity index (χ3v) is 1.21. The van der Waals surface area contributed by atoms with E-state index < -0.39 is 0 Å². The van der Waals surface area contributed by atoms with Gasteiger partial charge < -0.3 is 15.0 Å². The zero-order valence-electron chi connectivity index (χ0n) is 5.95. The van der Waals surface area contributed by atoms with Gasteiger partial charge in [0.15, 0.2) is 0 Å². The van der Waals surface area contributed by atoms with E-state index >= 15 is 0 Å². The van der Waals surface area contributed by atoms with Crippen molar-refractivity contribution in [2.24, 2.45) is 0 Å². The summed E-state index contributed by atoms with van der Waals surface area (Å²) < 4.78 is 6.75. The molecule has 0 bridgehead atoms. The van der Waals surface area contributed by atoms with Crippen LogP contribution in [0.5, 0.6) is 0 Å². The number of rotatable bonds is 3. The zero-order chi connectivity index (χ0) is 7.40. The van der Waals surface area contributed by atoms with Crippen molar-refractivity contribution in [3.8, 4) is 0 Å². The molecule has 1 heterocycles. The van der Waals surface area contributed by atoms with Gasteiger partial charge >= 0.3 is 0 Å². The molecule has 4 nitrogen and oxygen atoms in total. The Bertz CT molecular complexity index is 197. The van der Waals surface area contributed by atoms with E-state index in [0.717, 1.165) is 6.54 Å². The maximum atomic E-state index is 5.38. The van der Waals surface area contributed by atoms with Crippen molar-refractivity contribution >= 4 is 5.82 Å². The SMILES string of the molecule is COCCn1cnc(N)c1. The third kappa shape index (κ3) is 1.73. The number of anilines is 1. The Hall–Kier alpha value is -1.03. The summed E-state index contributed by atoms with van der Waals surface area (Å²) in [5, 5.41) is 0. The molecular weight excluding hydrogens is 130 g/mol. The van der Waals surface area contributed by atoms with Gasteiger partial charge in [-0.3, -0.25) is 0 Å². The van der Waals surface area contributed by atoms with E-state index in [1.807, 2.05) is 4.57 Å². The van der Waals surface area contributed by atoms with Crippen LogP contribution in [0.25, 0.3) is 0 Å². The highest BCUT2D eigenvalue weighted by molar-refractivity contribution is 5.22. The summed E-state index contributed by atoms with van der Waals surface area (Å²) in [5.41, 5.74) is 5.38. The minimum Gasteiger partial charge on any atom is -0.383 e. The van der Waals surface area contributed by atoms with Gasteiger partial charge in [0.25, 0.3) is 0 Å². The summed E-state index contributed by atoms with van der Waals surface area (Å²) in [6.07, 6.45) is 3.47. The average Bonchev–Trinajstić information content (AvgIpc) is 2.31. The third-order valence-electron chi connectivity index (χ3n) is 1.21. The summed E-state index contributed by atoms with van der Waals surface area (Å²) in [7, 11) is 1.67. The van der Waals surface area contributed by atoms with Crippen molar-refractivity contribution in [1.29, 1.82) is 0 Å². The van der Waals surface area contributed by atoms with E-state index in [9.17, 15) is 0 Å². The van der Waals surface area contributed by atoms with Gasteiger partial charge in [-0.05, 0) is 0 Å². The van der Waals surface area contributed by atoms with Crippen LogP contribution in [0.15, 0.2) is 12.5 Å². The van der Waals surface area contributed by atoms with Crippen molar-refractivity contribution in [3.63, 3.8) is 0 Å². The topological polar surface area (TPSA) is 53.1 Å². The number of hydrogen-bond donors (Lipinski definition) is 1. The minimum atomic E-state index is 0.552. The number of nitrogens with two attached hydrogens (primary N) is 1. The Balaban J connectivity index is 2.42. The van der Waals surface area contributed by atoms with Crippen LogP contribution in [0.4, 0.5) is 5.82 Å². The first-order valence-electron chi connectivity index (χ1n) is 3.09. The molecule has 0 unspecified atom stereocenters. The molecule has 0 saturated carbocycles. The second-order valence-electron chi connectivity index (χ2n) is 2.03. The predicted octanol–water partition coefficient (Wildman–Crippen LogP) is 0.112. The fourth-order valence-corrected chi connectivity index (χ4v) is 0.696. The van der Waals surface area contributed by atoms with Crippen molar-refractivity contribution in [1.82, 2.24) is 9.55 Å². The molecule has 4 heteroatoms. The minimum absolute atomic E-state index is 0.552. The molecule has 0 fully saturated rings. The fourth-order valence-electron chi connectivity index (χ4n) is 0.696. The number of nitrogen functional groups attached to an aromatic ring is 1. The van der Waals surface area contributed by atoms with E-state index in [0.29, 0.717) is 12.4 Å². The van der Waals surface area contributed by atoms with Crippen molar-refractivity contribution in [2.75, 3.05) is 19.5 Å². The van der Waals surface area contributed by atoms with Crippen LogP contribution in [0.2, 0.25) is 0 Å². The van der Waals surface area contributed by atoms with Crippen molar-refractivity contribution < 1.29 is 4.74 Å². The Morgan fingerprint density at radius 1 is 1.80 bits per heavy atom. The molecule has 0 aliphatic heterocycles. The molecule has 0 aromatic carbocycles. The molecular formula is C6H11N3O. The number of nitrogens with zero attached hydrogens (tertiary/aromatic N) is 2. The van der Waals surface area contributed by atoms with Crippen LogP contribution in [-0.2, 0) is 11.3 Å². The molecule has 0 saturated heterocycles. The standard InChI is InChI=1S/C6H11N3O/c1-10-3-2-9-4-6(7)8-5-9/h4-5H,2-3,7H2,1H3. The Morgan fingerprint density at radius 3 is 3.10 bits per heavy atom. The van der Waals surface area contributed by atoms with Crippen LogP contribution in [0.1, 0.15) is 0 Å². The smallest absolute Gasteiger partial charge is 0.141 e. The van der Waals surface area contributed by atoms with Gasteiger partial charge in [0.2, 0.25) is 0 Å². The number of imidazole rings is 1. The van der Waals surface area contributed by atoms with E-state index in [1.165, 1.54) is 0 Å². The van der Waals surface area contributed by atoms with Gasteiger partial charge in [-0.25, -0.2) is 4.98 Å². The Labute approximate surface area is 59.6 Å². The normalized spacial score (nSPS) is 10.1. The first-order valence-corrected chi connectivity index (χ1v) is 3.09. The van der Waals surface area contributed by atoms with Gasteiger partial charge in [0, 0.05) is 19.9 Å². The average molecular weight is 141 g/mol. The Morgan fingerprint density at radius 2 is 2.60 bits per heavy atom. The number of aromatic nitrogens is 2. The largest absolute Gasteiger partial charge is 0.383 e. The highest BCUT2D eigenvalue weighted by Crippen LogP contribution is 1.95. The predicted molar refractivity (Wildman–Crippen MR) is 38.5 cm³/mol. The maximum absolute atomic E-state index is 5.38. The molecule has 2 N–H and O–H groups in total. The molecule has 56 valence electrons. The zero-order valence-corrected chi connectivity index (χ0v) is 5.95. The molecule has 0 radical (unpaired) electrons. The van der Waals surface area contributed by atoms with Crippen molar-refractivity contribution in [3.05, 3.63) is 12.5 Å².